The maximum atomic E-state index is 10.4. The van der Waals surface area contributed by atoms with Crippen LogP contribution in [-0.2, 0) is 11.2 Å². The monoisotopic (exact) mass is 190 g/mol. The van der Waals surface area contributed by atoms with Gasteiger partial charge in [0.1, 0.15) is 6.29 Å². The third-order valence-electron chi connectivity index (χ3n) is 2.69. The molecule has 0 aromatic heterocycles. The molecule has 0 N–H and O–H groups in total. The number of benzene rings is 1. The molecular formula is C13H18O. The average molecular weight is 190 g/mol. The van der Waals surface area contributed by atoms with Crippen molar-refractivity contribution in [1.29, 1.82) is 0 Å². The standard InChI is InChI=1S/C13H18O/c1-2-12(10-11-14)8-9-13-6-4-3-5-7-13/h3-7,11-12H,2,8-10H2,1H3. The van der Waals surface area contributed by atoms with Crippen LogP contribution in [0.15, 0.2) is 30.3 Å². The molecular weight excluding hydrogens is 172 g/mol. The Labute approximate surface area is 86.1 Å². The number of carbonyl (C=O) groups excluding carboxylic acids is 1. The van der Waals surface area contributed by atoms with E-state index in [0.29, 0.717) is 12.3 Å². The molecule has 0 aliphatic carbocycles. The van der Waals surface area contributed by atoms with Gasteiger partial charge in [0.2, 0.25) is 0 Å². The van der Waals surface area contributed by atoms with Gasteiger partial charge in [0.15, 0.2) is 0 Å². The van der Waals surface area contributed by atoms with Crippen molar-refractivity contribution in [3.63, 3.8) is 0 Å². The minimum absolute atomic E-state index is 0.563. The summed E-state index contributed by atoms with van der Waals surface area (Å²) in [6.45, 7) is 2.15. The van der Waals surface area contributed by atoms with E-state index in [1.54, 1.807) is 0 Å². The van der Waals surface area contributed by atoms with Crippen LogP contribution < -0.4 is 0 Å². The van der Waals surface area contributed by atoms with Gasteiger partial charge in [0.05, 0.1) is 0 Å². The molecule has 0 aliphatic rings. The summed E-state index contributed by atoms with van der Waals surface area (Å²) < 4.78 is 0. The van der Waals surface area contributed by atoms with Gasteiger partial charge in [-0.2, -0.15) is 0 Å². The molecule has 1 aromatic rings. The van der Waals surface area contributed by atoms with Gasteiger partial charge in [0.25, 0.3) is 0 Å². The first-order chi connectivity index (χ1) is 6.86. The summed E-state index contributed by atoms with van der Waals surface area (Å²) in [5, 5.41) is 0. The van der Waals surface area contributed by atoms with Crippen LogP contribution in [-0.4, -0.2) is 6.29 Å². The summed E-state index contributed by atoms with van der Waals surface area (Å²) in [6.07, 6.45) is 5.07. The lowest BCUT2D eigenvalue weighted by Crippen LogP contribution is -2.01. The molecule has 0 bridgehead atoms. The van der Waals surface area contributed by atoms with Crippen LogP contribution in [0.5, 0.6) is 0 Å². The summed E-state index contributed by atoms with van der Waals surface area (Å²) in [6, 6.07) is 10.5. The highest BCUT2D eigenvalue weighted by atomic mass is 16.1. The molecule has 1 unspecified atom stereocenters. The smallest absolute Gasteiger partial charge is 0.120 e. The zero-order valence-electron chi connectivity index (χ0n) is 8.78. The molecule has 1 aromatic carbocycles. The first-order valence-electron chi connectivity index (χ1n) is 5.34. The molecule has 0 saturated heterocycles. The van der Waals surface area contributed by atoms with Crippen molar-refractivity contribution < 1.29 is 4.79 Å². The highest BCUT2D eigenvalue weighted by Gasteiger charge is 2.05. The van der Waals surface area contributed by atoms with E-state index >= 15 is 0 Å². The summed E-state index contributed by atoms with van der Waals surface area (Å²) >= 11 is 0. The number of carbonyl (C=O) groups is 1. The Bertz CT molecular complexity index is 253. The van der Waals surface area contributed by atoms with E-state index in [2.05, 4.69) is 31.2 Å². The molecule has 1 rings (SSSR count). The lowest BCUT2D eigenvalue weighted by atomic mass is 9.95. The summed E-state index contributed by atoms with van der Waals surface area (Å²) in [5.74, 6) is 0.563. The minimum Gasteiger partial charge on any atom is -0.303 e. The predicted molar refractivity (Wildman–Crippen MR) is 59.2 cm³/mol. The fourth-order valence-electron chi connectivity index (χ4n) is 1.64. The van der Waals surface area contributed by atoms with Crippen LogP contribution in [0.2, 0.25) is 0 Å². The maximum absolute atomic E-state index is 10.4. The molecule has 76 valence electrons. The van der Waals surface area contributed by atoms with Crippen LogP contribution in [0, 0.1) is 5.92 Å². The molecule has 1 nitrogen and oxygen atoms in total. The van der Waals surface area contributed by atoms with Gasteiger partial charge in [0, 0.05) is 6.42 Å². The third kappa shape index (κ3) is 3.73. The average Bonchev–Trinajstić information content (AvgIpc) is 2.25. The van der Waals surface area contributed by atoms with Crippen LogP contribution in [0.4, 0.5) is 0 Å². The van der Waals surface area contributed by atoms with Crippen molar-refractivity contribution in [2.45, 2.75) is 32.6 Å². The summed E-state index contributed by atoms with van der Waals surface area (Å²) in [7, 11) is 0. The molecule has 14 heavy (non-hydrogen) atoms. The Hall–Kier alpha value is -1.11. The topological polar surface area (TPSA) is 17.1 Å². The van der Waals surface area contributed by atoms with Gasteiger partial charge < -0.3 is 4.79 Å². The maximum Gasteiger partial charge on any atom is 0.120 e. The first-order valence-corrected chi connectivity index (χ1v) is 5.34. The third-order valence-corrected chi connectivity index (χ3v) is 2.69. The zero-order chi connectivity index (χ0) is 10.2. The van der Waals surface area contributed by atoms with Crippen molar-refractivity contribution in [2.75, 3.05) is 0 Å². The summed E-state index contributed by atoms with van der Waals surface area (Å²) in [5.41, 5.74) is 1.37. The predicted octanol–water partition coefficient (Wildman–Crippen LogP) is 3.23. The molecule has 1 heteroatoms. The van der Waals surface area contributed by atoms with E-state index in [1.807, 2.05) is 6.07 Å². The molecule has 1 atom stereocenters. The molecule has 0 fully saturated rings. The van der Waals surface area contributed by atoms with E-state index in [0.717, 1.165) is 25.5 Å². The van der Waals surface area contributed by atoms with Crippen molar-refractivity contribution in [1.82, 2.24) is 0 Å². The number of rotatable bonds is 6. The molecule has 0 heterocycles. The van der Waals surface area contributed by atoms with Crippen LogP contribution in [0.3, 0.4) is 0 Å². The Kier molecular flexibility index (Phi) is 4.98. The largest absolute Gasteiger partial charge is 0.303 e. The minimum atomic E-state index is 0.563. The van der Waals surface area contributed by atoms with E-state index in [9.17, 15) is 4.79 Å². The van der Waals surface area contributed by atoms with Crippen molar-refractivity contribution in [3.8, 4) is 0 Å². The Balaban J connectivity index is 2.35. The van der Waals surface area contributed by atoms with Crippen LogP contribution >= 0.6 is 0 Å². The fourth-order valence-corrected chi connectivity index (χ4v) is 1.64. The van der Waals surface area contributed by atoms with Gasteiger partial charge >= 0.3 is 0 Å². The Morgan fingerprint density at radius 1 is 1.29 bits per heavy atom. The van der Waals surface area contributed by atoms with Gasteiger partial charge in [-0.15, -0.1) is 0 Å². The summed E-state index contributed by atoms with van der Waals surface area (Å²) in [4.78, 5) is 10.4. The lowest BCUT2D eigenvalue weighted by Gasteiger charge is -2.10. The second kappa shape index (κ2) is 6.36. The van der Waals surface area contributed by atoms with E-state index in [4.69, 9.17) is 0 Å². The van der Waals surface area contributed by atoms with Crippen molar-refractivity contribution in [2.24, 2.45) is 5.92 Å². The normalized spacial score (nSPS) is 12.4. The fraction of sp³-hybridized carbons (Fsp3) is 0.462. The number of aryl methyl sites for hydroxylation is 1. The lowest BCUT2D eigenvalue weighted by molar-refractivity contribution is -0.108. The van der Waals surface area contributed by atoms with E-state index < -0.39 is 0 Å². The van der Waals surface area contributed by atoms with E-state index in [-0.39, 0.29) is 0 Å². The van der Waals surface area contributed by atoms with Gasteiger partial charge in [-0.05, 0) is 24.3 Å². The van der Waals surface area contributed by atoms with Crippen LogP contribution in [0.1, 0.15) is 31.7 Å². The molecule has 0 radical (unpaired) electrons. The molecule has 0 aliphatic heterocycles. The molecule has 0 saturated carbocycles. The second-order valence-corrected chi connectivity index (χ2v) is 3.70. The zero-order valence-corrected chi connectivity index (χ0v) is 8.78. The van der Waals surface area contributed by atoms with Crippen molar-refractivity contribution >= 4 is 6.29 Å². The number of hydrogen-bond donors (Lipinski definition) is 0. The Morgan fingerprint density at radius 2 is 2.00 bits per heavy atom. The quantitative estimate of drug-likeness (QED) is 0.629. The Morgan fingerprint density at radius 3 is 2.57 bits per heavy atom. The number of hydrogen-bond acceptors (Lipinski definition) is 1. The van der Waals surface area contributed by atoms with Crippen molar-refractivity contribution in [3.05, 3.63) is 35.9 Å². The highest BCUT2D eigenvalue weighted by Crippen LogP contribution is 2.15. The van der Waals surface area contributed by atoms with Crippen LogP contribution in [0.25, 0.3) is 0 Å². The van der Waals surface area contributed by atoms with Gasteiger partial charge in [-0.3, -0.25) is 0 Å². The molecule has 0 spiro atoms. The van der Waals surface area contributed by atoms with E-state index in [1.165, 1.54) is 5.56 Å². The number of aldehydes is 1. The second-order valence-electron chi connectivity index (χ2n) is 3.70. The SMILES string of the molecule is CCC(CC=O)CCc1ccccc1. The highest BCUT2D eigenvalue weighted by molar-refractivity contribution is 5.49. The van der Waals surface area contributed by atoms with Gasteiger partial charge in [-0.1, -0.05) is 43.7 Å². The first kappa shape index (κ1) is 11.0. The molecule has 0 amide bonds. The van der Waals surface area contributed by atoms with Gasteiger partial charge in [-0.25, -0.2) is 0 Å².